The maximum absolute atomic E-state index is 13.1. The van der Waals surface area contributed by atoms with Crippen molar-refractivity contribution in [3.8, 4) is 17.0 Å². The van der Waals surface area contributed by atoms with Gasteiger partial charge in [0.1, 0.15) is 5.75 Å². The van der Waals surface area contributed by atoms with Gasteiger partial charge in [0.25, 0.3) is 0 Å². The first-order valence-corrected chi connectivity index (χ1v) is 13.4. The van der Waals surface area contributed by atoms with Gasteiger partial charge < -0.3 is 20.4 Å². The minimum atomic E-state index is -0.296. The minimum absolute atomic E-state index is 0.0123. The summed E-state index contributed by atoms with van der Waals surface area (Å²) in [5.74, 6) is 0.142. The number of aromatic amines is 1. The summed E-state index contributed by atoms with van der Waals surface area (Å²) in [5, 5.41) is 0. The highest BCUT2D eigenvalue weighted by atomic mass is 79.9. The van der Waals surface area contributed by atoms with E-state index in [4.69, 9.17) is 10.5 Å². The number of amides is 1. The van der Waals surface area contributed by atoms with Crippen molar-refractivity contribution in [2.45, 2.75) is 25.3 Å². The molecular formula is C26H26Br2N4O4. The molecule has 0 bridgehead atoms. The summed E-state index contributed by atoms with van der Waals surface area (Å²) in [7, 11) is 1.61. The number of carbonyl (C=O) groups is 2. The lowest BCUT2D eigenvalue weighted by Crippen LogP contribution is -2.41. The molecular weight excluding hydrogens is 592 g/mol. The monoisotopic (exact) mass is 616 g/mol. The molecule has 0 unspecified atom stereocenters. The van der Waals surface area contributed by atoms with Crippen LogP contribution < -0.4 is 16.2 Å². The topological polar surface area (TPSA) is 110 Å². The number of aromatic nitrogens is 2. The number of Topliss-reactive ketones (excluding diaryl/α,β-unsaturated/α-hetero) is 1. The van der Waals surface area contributed by atoms with E-state index in [0.717, 1.165) is 17.0 Å². The zero-order chi connectivity index (χ0) is 25.6. The minimum Gasteiger partial charge on any atom is -0.497 e. The summed E-state index contributed by atoms with van der Waals surface area (Å²) >= 11 is 6.76. The van der Waals surface area contributed by atoms with E-state index in [9.17, 15) is 14.4 Å². The number of nitrogens with zero attached hydrogens (tertiary/aromatic N) is 2. The molecule has 2 aromatic carbocycles. The number of nitrogens with one attached hydrogen (secondary N) is 1. The van der Waals surface area contributed by atoms with E-state index in [1.165, 1.54) is 0 Å². The van der Waals surface area contributed by atoms with Crippen LogP contribution >= 0.6 is 31.9 Å². The van der Waals surface area contributed by atoms with Crippen LogP contribution in [0, 0.1) is 11.8 Å². The Bertz CT molecular complexity index is 1370. The fourth-order valence-electron chi connectivity index (χ4n) is 4.92. The number of likely N-dealkylation sites (tertiary alicyclic amines) is 1. The molecule has 0 spiro atoms. The number of hydrogen-bond acceptors (Lipinski definition) is 5. The normalized spacial score (nSPS) is 19.8. The average molecular weight is 618 g/mol. The highest BCUT2D eigenvalue weighted by molar-refractivity contribution is 9.11. The Morgan fingerprint density at radius 1 is 1.08 bits per heavy atom. The predicted octanol–water partition coefficient (Wildman–Crippen LogP) is 4.64. The molecule has 1 amide bonds. The molecule has 10 heteroatoms. The Kier molecular flexibility index (Phi) is 6.82. The van der Waals surface area contributed by atoms with Gasteiger partial charge >= 0.3 is 5.69 Å². The zero-order valence-electron chi connectivity index (χ0n) is 19.7. The molecule has 5 rings (SSSR count). The van der Waals surface area contributed by atoms with Gasteiger partial charge in [0, 0.05) is 57.2 Å². The Labute approximate surface area is 225 Å². The molecule has 3 aromatic rings. The van der Waals surface area contributed by atoms with Crippen LogP contribution in [0.2, 0.25) is 0 Å². The molecule has 2 heterocycles. The van der Waals surface area contributed by atoms with Gasteiger partial charge in [-0.05, 0) is 75.4 Å². The van der Waals surface area contributed by atoms with Crippen molar-refractivity contribution in [2.24, 2.45) is 11.8 Å². The summed E-state index contributed by atoms with van der Waals surface area (Å²) in [5.41, 5.74) is 8.46. The van der Waals surface area contributed by atoms with Crippen LogP contribution in [0.4, 0.5) is 5.69 Å². The van der Waals surface area contributed by atoms with Crippen molar-refractivity contribution in [1.82, 2.24) is 14.5 Å². The number of benzene rings is 2. The lowest BCUT2D eigenvalue weighted by atomic mass is 10.0. The second kappa shape index (κ2) is 9.89. The summed E-state index contributed by atoms with van der Waals surface area (Å²) in [6, 6.07) is 11.0. The fourth-order valence-corrected chi connectivity index (χ4v) is 6.10. The van der Waals surface area contributed by atoms with Crippen molar-refractivity contribution in [2.75, 3.05) is 25.9 Å². The number of nitrogen functional groups attached to an aromatic ring is 1. The number of carbonyl (C=O) groups excluding carboxylic acids is 2. The standard InChI is InChI=1S/C26H26Br2N4O4/c1-36-17-4-2-3-14(9-17)22-13-32(26(35)30-22)16-5-7-31(8-6-16)25(34)19-12-18(19)24(33)15-10-20(27)23(29)21(28)11-15/h2-4,9-11,13,16,18-19H,5-8,12,29H2,1H3,(H,30,35)/t18-,19-/m1/s1. The number of halogens is 2. The van der Waals surface area contributed by atoms with Crippen molar-refractivity contribution in [3.63, 3.8) is 0 Å². The number of nitrogens with two attached hydrogens (primary N) is 1. The molecule has 1 aromatic heterocycles. The van der Waals surface area contributed by atoms with Crippen LogP contribution in [-0.2, 0) is 4.79 Å². The van der Waals surface area contributed by atoms with Crippen molar-refractivity contribution in [1.29, 1.82) is 0 Å². The van der Waals surface area contributed by atoms with Gasteiger partial charge in [-0.3, -0.25) is 14.2 Å². The number of H-pyrrole nitrogens is 1. The summed E-state index contributed by atoms with van der Waals surface area (Å²) in [4.78, 5) is 43.5. The van der Waals surface area contributed by atoms with Crippen molar-refractivity contribution >= 4 is 49.2 Å². The second-order valence-electron chi connectivity index (χ2n) is 9.34. The largest absolute Gasteiger partial charge is 0.497 e. The molecule has 2 aliphatic rings. The first-order chi connectivity index (χ1) is 17.3. The van der Waals surface area contributed by atoms with Crippen LogP contribution in [0.5, 0.6) is 5.75 Å². The van der Waals surface area contributed by atoms with Crippen LogP contribution in [-0.4, -0.2) is 46.3 Å². The van der Waals surface area contributed by atoms with Crippen LogP contribution in [0.15, 0.2) is 56.3 Å². The van der Waals surface area contributed by atoms with E-state index in [1.807, 2.05) is 35.4 Å². The molecule has 0 radical (unpaired) electrons. The first-order valence-electron chi connectivity index (χ1n) is 11.8. The summed E-state index contributed by atoms with van der Waals surface area (Å²) < 4.78 is 8.32. The number of piperidine rings is 1. The van der Waals surface area contributed by atoms with Crippen molar-refractivity contribution < 1.29 is 14.3 Å². The lowest BCUT2D eigenvalue weighted by Gasteiger charge is -2.32. The Hall–Kier alpha value is -2.85. The molecule has 1 saturated heterocycles. The molecule has 1 aliphatic carbocycles. The second-order valence-corrected chi connectivity index (χ2v) is 11.0. The van der Waals surface area contributed by atoms with E-state index in [-0.39, 0.29) is 35.3 Å². The Balaban J connectivity index is 1.20. The van der Waals surface area contributed by atoms with Gasteiger partial charge in [-0.1, -0.05) is 12.1 Å². The molecule has 8 nitrogen and oxygen atoms in total. The highest BCUT2D eigenvalue weighted by Gasteiger charge is 2.50. The number of ketones is 1. The number of ether oxygens (including phenoxy) is 1. The molecule has 2 fully saturated rings. The van der Waals surface area contributed by atoms with E-state index >= 15 is 0 Å². The maximum Gasteiger partial charge on any atom is 0.326 e. The van der Waals surface area contributed by atoms with Crippen LogP contribution in [0.25, 0.3) is 11.3 Å². The number of rotatable bonds is 6. The van der Waals surface area contributed by atoms with Crippen LogP contribution in [0.1, 0.15) is 35.7 Å². The fraction of sp³-hybridized carbons (Fsp3) is 0.346. The maximum atomic E-state index is 13.1. The van der Waals surface area contributed by atoms with Crippen LogP contribution in [0.3, 0.4) is 0 Å². The lowest BCUT2D eigenvalue weighted by molar-refractivity contribution is -0.134. The predicted molar refractivity (Wildman–Crippen MR) is 144 cm³/mol. The van der Waals surface area contributed by atoms with Gasteiger partial charge in [-0.15, -0.1) is 0 Å². The van der Waals surface area contributed by atoms with E-state index in [0.29, 0.717) is 52.5 Å². The van der Waals surface area contributed by atoms with Gasteiger partial charge in [0.2, 0.25) is 5.91 Å². The molecule has 2 atom stereocenters. The summed E-state index contributed by atoms with van der Waals surface area (Å²) in [6.07, 6.45) is 3.78. The number of methoxy groups -OCH3 is 1. The molecule has 36 heavy (non-hydrogen) atoms. The third kappa shape index (κ3) is 4.76. The first kappa shape index (κ1) is 24.8. The number of hydrogen-bond donors (Lipinski definition) is 2. The van der Waals surface area contributed by atoms with E-state index in [1.54, 1.807) is 23.8 Å². The van der Waals surface area contributed by atoms with Crippen molar-refractivity contribution in [3.05, 3.63) is 67.6 Å². The molecule has 1 saturated carbocycles. The summed E-state index contributed by atoms with van der Waals surface area (Å²) in [6.45, 7) is 1.12. The van der Waals surface area contributed by atoms with Gasteiger partial charge in [-0.2, -0.15) is 0 Å². The smallest absolute Gasteiger partial charge is 0.326 e. The number of imidazole rings is 1. The highest BCUT2D eigenvalue weighted by Crippen LogP contribution is 2.44. The van der Waals surface area contributed by atoms with Gasteiger partial charge in [0.05, 0.1) is 18.5 Å². The van der Waals surface area contributed by atoms with Gasteiger partial charge in [0.15, 0.2) is 5.78 Å². The molecule has 188 valence electrons. The van der Waals surface area contributed by atoms with Gasteiger partial charge in [-0.25, -0.2) is 4.79 Å². The Morgan fingerprint density at radius 2 is 1.78 bits per heavy atom. The zero-order valence-corrected chi connectivity index (χ0v) is 22.8. The Morgan fingerprint density at radius 3 is 2.44 bits per heavy atom. The molecule has 3 N–H and O–H groups in total. The molecule has 1 aliphatic heterocycles. The third-order valence-corrected chi connectivity index (χ3v) is 8.41. The SMILES string of the molecule is COc1cccc(-c2cn(C3CCN(C(=O)[C@@H]4C[C@H]4C(=O)c4cc(Br)c(N)c(Br)c4)CC3)c(=O)[nH]2)c1. The van der Waals surface area contributed by atoms with E-state index < -0.39 is 0 Å². The number of anilines is 1. The third-order valence-electron chi connectivity index (χ3n) is 7.10. The average Bonchev–Trinajstić information content (AvgIpc) is 3.60. The van der Waals surface area contributed by atoms with E-state index in [2.05, 4.69) is 36.8 Å². The quantitative estimate of drug-likeness (QED) is 0.309.